The average molecular weight is 317 g/mol. The molecule has 0 saturated heterocycles. The molecule has 1 aromatic carbocycles. The van der Waals surface area contributed by atoms with Gasteiger partial charge in [0.1, 0.15) is 11.5 Å². The van der Waals surface area contributed by atoms with Gasteiger partial charge in [0.05, 0.1) is 18.1 Å². The molecule has 0 spiro atoms. The van der Waals surface area contributed by atoms with Gasteiger partial charge in [0, 0.05) is 24.6 Å². The highest BCUT2D eigenvalue weighted by Crippen LogP contribution is 2.49. The number of rotatable bonds is 2. The van der Waals surface area contributed by atoms with Crippen molar-refractivity contribution in [3.63, 3.8) is 0 Å². The molecule has 3 atom stereocenters. The molecule has 23 heavy (non-hydrogen) atoms. The van der Waals surface area contributed by atoms with E-state index >= 15 is 0 Å². The molecule has 1 amide bonds. The van der Waals surface area contributed by atoms with Gasteiger partial charge in [0.25, 0.3) is 0 Å². The molecule has 6 nitrogen and oxygen atoms in total. The molecule has 0 aromatic heterocycles. The summed E-state index contributed by atoms with van der Waals surface area (Å²) in [7, 11) is 0. The molecule has 3 rings (SSSR count). The second-order valence-corrected chi connectivity index (χ2v) is 5.78. The number of hydrogen-bond acceptors (Lipinski definition) is 5. The Morgan fingerprint density at radius 1 is 1.39 bits per heavy atom. The Kier molecular flexibility index (Phi) is 3.75. The lowest BCUT2D eigenvalue weighted by molar-refractivity contribution is -0.141. The third-order valence-electron chi connectivity index (χ3n) is 4.36. The fourth-order valence-corrected chi connectivity index (χ4v) is 3.26. The van der Waals surface area contributed by atoms with E-state index in [0.29, 0.717) is 11.3 Å². The maximum atomic E-state index is 12.2. The molecule has 0 saturated carbocycles. The minimum absolute atomic E-state index is 0.127. The monoisotopic (exact) mass is 317 g/mol. The van der Waals surface area contributed by atoms with Gasteiger partial charge in [-0.3, -0.25) is 9.69 Å². The quantitative estimate of drug-likeness (QED) is 0.846. The van der Waals surface area contributed by atoms with Crippen LogP contribution in [-0.2, 0) is 14.3 Å². The molecular weight excluding hydrogens is 298 g/mol. The summed E-state index contributed by atoms with van der Waals surface area (Å²) in [4.78, 5) is 25.6. The van der Waals surface area contributed by atoms with E-state index in [9.17, 15) is 14.7 Å². The lowest BCUT2D eigenvalue weighted by Crippen LogP contribution is -2.46. The van der Waals surface area contributed by atoms with Crippen LogP contribution in [0.2, 0.25) is 0 Å². The van der Waals surface area contributed by atoms with Crippen molar-refractivity contribution in [1.29, 1.82) is 0 Å². The maximum Gasteiger partial charge on any atom is 0.335 e. The topological polar surface area (TPSA) is 76.1 Å². The van der Waals surface area contributed by atoms with Crippen LogP contribution in [-0.4, -0.2) is 34.7 Å². The predicted octanol–water partition coefficient (Wildman–Crippen LogP) is 2.14. The molecule has 6 heteroatoms. The van der Waals surface area contributed by atoms with Gasteiger partial charge in [-0.25, -0.2) is 4.79 Å². The number of benzene rings is 1. The van der Waals surface area contributed by atoms with Crippen molar-refractivity contribution in [2.75, 3.05) is 6.61 Å². The van der Waals surface area contributed by atoms with Crippen molar-refractivity contribution >= 4 is 11.9 Å². The van der Waals surface area contributed by atoms with Crippen LogP contribution < -0.4 is 4.74 Å². The Bertz CT molecular complexity index is 696. The molecule has 2 aliphatic heterocycles. The molecule has 122 valence electrons. The van der Waals surface area contributed by atoms with Gasteiger partial charge in [0.15, 0.2) is 6.23 Å². The third kappa shape index (κ3) is 2.44. The fraction of sp³-hybridized carbons (Fsp3) is 0.412. The van der Waals surface area contributed by atoms with E-state index in [1.54, 1.807) is 25.1 Å². The summed E-state index contributed by atoms with van der Waals surface area (Å²) in [6, 6.07) is 4.85. The van der Waals surface area contributed by atoms with Crippen molar-refractivity contribution in [2.24, 2.45) is 5.92 Å². The Hall–Kier alpha value is -2.50. The molecule has 1 aromatic rings. The van der Waals surface area contributed by atoms with Gasteiger partial charge in [-0.05, 0) is 25.1 Å². The largest absolute Gasteiger partial charge is 0.508 e. The summed E-state index contributed by atoms with van der Waals surface area (Å²) in [5.74, 6) is -0.330. The SMILES string of the molecule is CCOC(=O)C1=CN(C(C)=O)[C@H]2Oc3ccc(O)cc3[C@@H]2[C@@H]1C. The fourth-order valence-electron chi connectivity index (χ4n) is 3.26. The Balaban J connectivity index is 2.07. The van der Waals surface area contributed by atoms with Crippen LogP contribution in [0.1, 0.15) is 32.3 Å². The number of hydrogen-bond donors (Lipinski definition) is 1. The molecule has 2 aliphatic rings. The van der Waals surface area contributed by atoms with Crippen LogP contribution in [0.15, 0.2) is 30.0 Å². The standard InChI is InChI=1S/C17H19NO5/c1-4-22-17(21)13-8-18(10(3)19)16-15(9(13)2)12-7-11(20)5-6-14(12)23-16/h5-9,15-16,20H,4H2,1-3H3/t9-,15+,16+/m1/s1. The first kappa shape index (κ1) is 15.4. The Morgan fingerprint density at radius 2 is 2.13 bits per heavy atom. The molecule has 0 aliphatic carbocycles. The minimum atomic E-state index is -0.516. The van der Waals surface area contributed by atoms with Crippen LogP contribution in [0.4, 0.5) is 0 Å². The van der Waals surface area contributed by atoms with Crippen LogP contribution in [0.25, 0.3) is 0 Å². The van der Waals surface area contributed by atoms with Crippen molar-refractivity contribution in [3.05, 3.63) is 35.5 Å². The first-order valence-corrected chi connectivity index (χ1v) is 7.61. The van der Waals surface area contributed by atoms with Crippen molar-refractivity contribution < 1.29 is 24.2 Å². The summed E-state index contributed by atoms with van der Waals surface area (Å²) in [5.41, 5.74) is 1.23. The van der Waals surface area contributed by atoms with Gasteiger partial charge in [-0.1, -0.05) is 6.92 Å². The molecule has 0 unspecified atom stereocenters. The zero-order chi connectivity index (χ0) is 16.7. The number of ether oxygens (including phenoxy) is 2. The van der Waals surface area contributed by atoms with Gasteiger partial charge >= 0.3 is 5.97 Å². The van der Waals surface area contributed by atoms with Crippen LogP contribution in [0.3, 0.4) is 0 Å². The highest BCUT2D eigenvalue weighted by atomic mass is 16.5. The van der Waals surface area contributed by atoms with E-state index in [4.69, 9.17) is 9.47 Å². The molecule has 2 heterocycles. The van der Waals surface area contributed by atoms with Crippen molar-refractivity contribution in [3.8, 4) is 11.5 Å². The number of nitrogens with zero attached hydrogens (tertiary/aromatic N) is 1. The number of carbonyl (C=O) groups is 2. The number of phenols is 1. The normalized spacial score (nSPS) is 25.1. The van der Waals surface area contributed by atoms with Crippen LogP contribution >= 0.6 is 0 Å². The van der Waals surface area contributed by atoms with E-state index in [-0.39, 0.29) is 30.1 Å². The van der Waals surface area contributed by atoms with Gasteiger partial charge in [-0.15, -0.1) is 0 Å². The van der Waals surface area contributed by atoms with E-state index < -0.39 is 12.2 Å². The Morgan fingerprint density at radius 3 is 2.78 bits per heavy atom. The summed E-state index contributed by atoms with van der Waals surface area (Å²) in [5, 5.41) is 9.76. The number of fused-ring (bicyclic) bond motifs is 3. The zero-order valence-corrected chi connectivity index (χ0v) is 13.3. The van der Waals surface area contributed by atoms with Crippen LogP contribution in [0.5, 0.6) is 11.5 Å². The van der Waals surface area contributed by atoms with Crippen molar-refractivity contribution in [2.45, 2.75) is 32.9 Å². The number of amides is 1. The molecule has 0 fully saturated rings. The molecule has 1 N–H and O–H groups in total. The smallest absolute Gasteiger partial charge is 0.335 e. The first-order chi connectivity index (χ1) is 10.9. The minimum Gasteiger partial charge on any atom is -0.508 e. The van der Waals surface area contributed by atoms with E-state index in [0.717, 1.165) is 5.56 Å². The number of aromatic hydroxyl groups is 1. The molecule has 0 radical (unpaired) electrons. The second kappa shape index (κ2) is 5.61. The second-order valence-electron chi connectivity index (χ2n) is 5.78. The van der Waals surface area contributed by atoms with E-state index in [1.807, 2.05) is 6.92 Å². The van der Waals surface area contributed by atoms with Crippen LogP contribution in [0, 0.1) is 5.92 Å². The number of carbonyl (C=O) groups excluding carboxylic acids is 2. The zero-order valence-electron chi connectivity index (χ0n) is 13.3. The summed E-state index contributed by atoms with van der Waals surface area (Å²) >= 11 is 0. The average Bonchev–Trinajstić information content (AvgIpc) is 2.86. The predicted molar refractivity (Wildman–Crippen MR) is 81.7 cm³/mol. The van der Waals surface area contributed by atoms with E-state index in [2.05, 4.69) is 0 Å². The van der Waals surface area contributed by atoms with Gasteiger partial charge < -0.3 is 14.6 Å². The maximum absolute atomic E-state index is 12.2. The lowest BCUT2D eigenvalue weighted by atomic mass is 9.79. The molecular formula is C17H19NO5. The van der Waals surface area contributed by atoms with Crippen molar-refractivity contribution in [1.82, 2.24) is 4.90 Å². The highest BCUT2D eigenvalue weighted by molar-refractivity contribution is 5.90. The molecule has 0 bridgehead atoms. The van der Waals surface area contributed by atoms with E-state index in [1.165, 1.54) is 18.0 Å². The highest BCUT2D eigenvalue weighted by Gasteiger charge is 2.47. The van der Waals surface area contributed by atoms with Gasteiger partial charge in [-0.2, -0.15) is 0 Å². The third-order valence-corrected chi connectivity index (χ3v) is 4.36. The van der Waals surface area contributed by atoms with Gasteiger partial charge in [0.2, 0.25) is 5.91 Å². The number of phenolic OH excluding ortho intramolecular Hbond substituents is 1. The summed E-state index contributed by atoms with van der Waals surface area (Å²) in [6.45, 7) is 5.34. The number of esters is 1. The summed E-state index contributed by atoms with van der Waals surface area (Å²) < 4.78 is 11.0. The summed E-state index contributed by atoms with van der Waals surface area (Å²) in [6.07, 6.45) is 1.01. The Labute approximate surface area is 134 Å². The lowest BCUT2D eigenvalue weighted by Gasteiger charge is -2.37. The first-order valence-electron chi connectivity index (χ1n) is 7.61.